The molecule has 0 N–H and O–H groups in total. The van der Waals surface area contributed by atoms with Crippen LogP contribution in [0.25, 0.3) is 0 Å². The maximum atomic E-state index is 2.61. The molecular weight excluding hydrogens is 400 g/mol. The van der Waals surface area contributed by atoms with Crippen molar-refractivity contribution in [3.63, 3.8) is 0 Å². The molecule has 0 fully saturated rings. The van der Waals surface area contributed by atoms with Gasteiger partial charge in [0.15, 0.2) is 0 Å². The molecule has 33 heavy (non-hydrogen) atoms. The fraction of sp³-hybridized carbons (Fsp3) is 0.935. The molecule has 0 radical (unpaired) electrons. The molecule has 0 aromatic rings. The monoisotopic (exact) mass is 462 g/mol. The average molecular weight is 463 g/mol. The Morgan fingerprint density at radius 2 is 0.818 bits per heavy atom. The van der Waals surface area contributed by atoms with Crippen molar-refractivity contribution < 1.29 is 0 Å². The number of hydrogen-bond acceptors (Lipinski definition) is 2. The van der Waals surface area contributed by atoms with Gasteiger partial charge >= 0.3 is 0 Å². The summed E-state index contributed by atoms with van der Waals surface area (Å²) in [6.07, 6.45) is 39.7. The Balaban J connectivity index is 1.89. The van der Waals surface area contributed by atoms with Gasteiger partial charge in [0.25, 0.3) is 0 Å². The summed E-state index contributed by atoms with van der Waals surface area (Å²) in [7, 11) is 2.26. The third-order valence-electron chi connectivity index (χ3n) is 7.68. The van der Waals surface area contributed by atoms with E-state index in [4.69, 9.17) is 0 Å². The third-order valence-corrected chi connectivity index (χ3v) is 7.68. The fourth-order valence-electron chi connectivity index (χ4n) is 5.34. The van der Waals surface area contributed by atoms with Crippen LogP contribution >= 0.6 is 0 Å². The van der Waals surface area contributed by atoms with Crippen LogP contribution in [0, 0.1) is 0 Å². The standard InChI is InChI=1S/C31H62N2/c1-4-6-8-10-12-14-15-16-17-18-19-20-21-23-25-27-31-32(3)29-30-33(31)28-26-24-22-13-11-9-7-5-2/h29-31H,4-28H2,1-3H3. The SMILES string of the molecule is CCCCCCCCCCCCCCCCCC1N(C)C=CN1CCCCCCCCCC. The van der Waals surface area contributed by atoms with Gasteiger partial charge in [-0.1, -0.05) is 149 Å². The van der Waals surface area contributed by atoms with Gasteiger partial charge in [0.1, 0.15) is 6.17 Å². The van der Waals surface area contributed by atoms with E-state index >= 15 is 0 Å². The van der Waals surface area contributed by atoms with Crippen molar-refractivity contribution >= 4 is 0 Å². The molecule has 0 aromatic heterocycles. The predicted octanol–water partition coefficient (Wildman–Crippen LogP) is 10.4. The van der Waals surface area contributed by atoms with Crippen molar-refractivity contribution in [1.29, 1.82) is 0 Å². The Kier molecular flexibility index (Phi) is 21.3. The lowest BCUT2D eigenvalue weighted by atomic mass is 10.0. The largest absolute Gasteiger partial charge is 0.359 e. The molecule has 0 bridgehead atoms. The van der Waals surface area contributed by atoms with Crippen molar-refractivity contribution in [3.05, 3.63) is 12.4 Å². The van der Waals surface area contributed by atoms with Crippen LogP contribution in [0.2, 0.25) is 0 Å². The van der Waals surface area contributed by atoms with Crippen molar-refractivity contribution in [2.24, 2.45) is 0 Å². The Morgan fingerprint density at radius 1 is 0.455 bits per heavy atom. The maximum absolute atomic E-state index is 2.61. The first-order chi connectivity index (χ1) is 16.3. The molecule has 1 unspecified atom stereocenters. The first-order valence-corrected chi connectivity index (χ1v) is 15.5. The molecule has 1 aliphatic rings. The van der Waals surface area contributed by atoms with Gasteiger partial charge in [-0.25, -0.2) is 0 Å². The minimum absolute atomic E-state index is 0.622. The zero-order chi connectivity index (χ0) is 23.8. The van der Waals surface area contributed by atoms with Crippen LogP contribution in [0.1, 0.15) is 168 Å². The summed E-state index contributed by atoms with van der Waals surface area (Å²) in [6, 6.07) is 0. The molecule has 196 valence electrons. The van der Waals surface area contributed by atoms with Crippen LogP contribution in [0.5, 0.6) is 0 Å². The van der Waals surface area contributed by atoms with Crippen LogP contribution in [0.15, 0.2) is 12.4 Å². The lowest BCUT2D eigenvalue weighted by molar-refractivity contribution is 0.159. The summed E-state index contributed by atoms with van der Waals surface area (Å²) in [5.74, 6) is 0. The van der Waals surface area contributed by atoms with Crippen LogP contribution in [-0.4, -0.2) is 29.6 Å². The smallest absolute Gasteiger partial charge is 0.100 e. The molecular formula is C31H62N2. The quantitative estimate of drug-likeness (QED) is 0.124. The molecule has 1 atom stereocenters. The molecule has 0 saturated carbocycles. The Hall–Kier alpha value is -0.660. The van der Waals surface area contributed by atoms with E-state index in [2.05, 4.69) is 43.1 Å². The van der Waals surface area contributed by atoms with E-state index in [1.165, 1.54) is 161 Å². The van der Waals surface area contributed by atoms with Crippen LogP contribution in [0.3, 0.4) is 0 Å². The zero-order valence-electron chi connectivity index (χ0n) is 23.3. The van der Waals surface area contributed by atoms with E-state index in [-0.39, 0.29) is 0 Å². The highest BCUT2D eigenvalue weighted by Gasteiger charge is 2.22. The second-order valence-electron chi connectivity index (χ2n) is 10.9. The normalized spacial score (nSPS) is 15.8. The summed E-state index contributed by atoms with van der Waals surface area (Å²) in [6.45, 7) is 5.86. The van der Waals surface area contributed by atoms with Crippen LogP contribution < -0.4 is 0 Å². The van der Waals surface area contributed by atoms with E-state index in [9.17, 15) is 0 Å². The molecule has 2 heteroatoms. The van der Waals surface area contributed by atoms with Crippen LogP contribution in [0.4, 0.5) is 0 Å². The van der Waals surface area contributed by atoms with Gasteiger partial charge in [-0.15, -0.1) is 0 Å². The second kappa shape index (κ2) is 23.1. The molecule has 0 amide bonds. The molecule has 1 heterocycles. The molecule has 2 nitrogen and oxygen atoms in total. The fourth-order valence-corrected chi connectivity index (χ4v) is 5.34. The molecule has 1 rings (SSSR count). The molecule has 0 saturated heterocycles. The Bertz CT molecular complexity index is 419. The van der Waals surface area contributed by atoms with Crippen molar-refractivity contribution in [3.8, 4) is 0 Å². The topological polar surface area (TPSA) is 6.48 Å². The number of hydrogen-bond donors (Lipinski definition) is 0. The number of rotatable bonds is 25. The maximum Gasteiger partial charge on any atom is 0.100 e. The zero-order valence-corrected chi connectivity index (χ0v) is 23.3. The summed E-state index contributed by atoms with van der Waals surface area (Å²) in [5.41, 5.74) is 0. The molecule has 0 spiro atoms. The van der Waals surface area contributed by atoms with E-state index in [1.54, 1.807) is 0 Å². The predicted molar refractivity (Wildman–Crippen MR) is 150 cm³/mol. The highest BCUT2D eigenvalue weighted by molar-refractivity contribution is 4.95. The number of unbranched alkanes of at least 4 members (excludes halogenated alkanes) is 21. The molecule has 0 aliphatic carbocycles. The van der Waals surface area contributed by atoms with Gasteiger partial charge in [0.05, 0.1) is 0 Å². The van der Waals surface area contributed by atoms with Gasteiger partial charge < -0.3 is 9.80 Å². The second-order valence-corrected chi connectivity index (χ2v) is 10.9. The summed E-state index contributed by atoms with van der Waals surface area (Å²) in [4.78, 5) is 5.05. The summed E-state index contributed by atoms with van der Waals surface area (Å²) in [5, 5.41) is 0. The third kappa shape index (κ3) is 17.4. The lowest BCUT2D eigenvalue weighted by Gasteiger charge is -2.30. The Morgan fingerprint density at radius 3 is 1.24 bits per heavy atom. The van der Waals surface area contributed by atoms with Crippen molar-refractivity contribution in [2.45, 2.75) is 174 Å². The Labute approximate surface area is 210 Å². The lowest BCUT2D eigenvalue weighted by Crippen LogP contribution is -2.37. The van der Waals surface area contributed by atoms with E-state index in [0.29, 0.717) is 6.17 Å². The van der Waals surface area contributed by atoms with Crippen LogP contribution in [-0.2, 0) is 0 Å². The summed E-state index contributed by atoms with van der Waals surface area (Å²) >= 11 is 0. The summed E-state index contributed by atoms with van der Waals surface area (Å²) < 4.78 is 0. The van der Waals surface area contributed by atoms with Gasteiger partial charge in [0, 0.05) is 26.0 Å². The van der Waals surface area contributed by atoms with E-state index in [0.717, 1.165) is 0 Å². The minimum atomic E-state index is 0.622. The first-order valence-electron chi connectivity index (χ1n) is 15.5. The van der Waals surface area contributed by atoms with E-state index < -0.39 is 0 Å². The highest BCUT2D eigenvalue weighted by atomic mass is 15.4. The van der Waals surface area contributed by atoms with E-state index in [1.807, 2.05) is 0 Å². The minimum Gasteiger partial charge on any atom is -0.359 e. The van der Waals surface area contributed by atoms with Gasteiger partial charge in [-0.05, 0) is 19.3 Å². The van der Waals surface area contributed by atoms with Gasteiger partial charge in [-0.2, -0.15) is 0 Å². The molecule has 1 aliphatic heterocycles. The van der Waals surface area contributed by atoms with Crippen molar-refractivity contribution in [1.82, 2.24) is 9.80 Å². The number of nitrogens with zero attached hydrogens (tertiary/aromatic N) is 2. The van der Waals surface area contributed by atoms with Crippen molar-refractivity contribution in [2.75, 3.05) is 13.6 Å². The average Bonchev–Trinajstić information content (AvgIpc) is 3.17. The van der Waals surface area contributed by atoms with Gasteiger partial charge in [-0.3, -0.25) is 0 Å². The first kappa shape index (κ1) is 30.4. The highest BCUT2D eigenvalue weighted by Crippen LogP contribution is 2.21. The molecule has 0 aromatic carbocycles. The van der Waals surface area contributed by atoms with Gasteiger partial charge in [0.2, 0.25) is 0 Å².